The van der Waals surface area contributed by atoms with Crippen molar-refractivity contribution in [2.75, 3.05) is 14.1 Å². The SMILES string of the molecule is CN(C)C(=O)Oc1cccc(-c2c[n+]3ccccc3n2C)c1. The molecule has 0 fully saturated rings. The van der Waals surface area contributed by atoms with Gasteiger partial charge in [0.25, 0.3) is 5.65 Å². The molecule has 0 aliphatic heterocycles. The maximum Gasteiger partial charge on any atom is 0.414 e. The molecule has 3 rings (SSSR count). The lowest BCUT2D eigenvalue weighted by Gasteiger charge is -2.10. The summed E-state index contributed by atoms with van der Waals surface area (Å²) >= 11 is 0. The van der Waals surface area contributed by atoms with Gasteiger partial charge in [0.1, 0.15) is 11.9 Å². The smallest absolute Gasteiger partial charge is 0.410 e. The average Bonchev–Trinajstić information content (AvgIpc) is 2.85. The van der Waals surface area contributed by atoms with Crippen molar-refractivity contribution in [1.29, 1.82) is 0 Å². The number of fused-ring (bicyclic) bond motifs is 1. The minimum Gasteiger partial charge on any atom is -0.410 e. The van der Waals surface area contributed by atoms with Gasteiger partial charge in [0, 0.05) is 25.7 Å². The van der Waals surface area contributed by atoms with Gasteiger partial charge in [-0.1, -0.05) is 18.2 Å². The van der Waals surface area contributed by atoms with Crippen molar-refractivity contribution in [3.8, 4) is 17.0 Å². The number of carbonyl (C=O) groups is 1. The standard InChI is InChI=1S/C17H18N3O2/c1-18(2)17(21)22-14-8-6-7-13(11-14)15-12-20-10-5-4-9-16(20)19(15)3/h4-12H,1-3H3/q+1. The van der Waals surface area contributed by atoms with Crippen LogP contribution in [-0.2, 0) is 7.05 Å². The van der Waals surface area contributed by atoms with Crippen LogP contribution >= 0.6 is 0 Å². The molecule has 2 heterocycles. The van der Waals surface area contributed by atoms with Crippen LogP contribution in [0.1, 0.15) is 0 Å². The largest absolute Gasteiger partial charge is 0.414 e. The summed E-state index contributed by atoms with van der Waals surface area (Å²) in [5.74, 6) is 0.534. The van der Waals surface area contributed by atoms with E-state index in [1.165, 1.54) is 4.90 Å². The zero-order chi connectivity index (χ0) is 15.7. The van der Waals surface area contributed by atoms with Crippen molar-refractivity contribution in [3.05, 3.63) is 54.9 Å². The van der Waals surface area contributed by atoms with Gasteiger partial charge in [-0.3, -0.25) is 0 Å². The van der Waals surface area contributed by atoms with Gasteiger partial charge >= 0.3 is 6.09 Å². The Bertz CT molecular complexity index is 837. The molecule has 0 radical (unpaired) electrons. The number of rotatable bonds is 2. The number of aryl methyl sites for hydroxylation is 1. The fraction of sp³-hybridized carbons (Fsp3) is 0.176. The maximum atomic E-state index is 11.7. The first-order valence-electron chi connectivity index (χ1n) is 7.01. The first kappa shape index (κ1) is 14.1. The summed E-state index contributed by atoms with van der Waals surface area (Å²) in [5.41, 5.74) is 3.14. The highest BCUT2D eigenvalue weighted by Crippen LogP contribution is 2.24. The molecule has 0 spiro atoms. The van der Waals surface area contributed by atoms with E-state index in [1.54, 1.807) is 20.2 Å². The first-order chi connectivity index (χ1) is 10.6. The Kier molecular flexibility index (Phi) is 3.55. The zero-order valence-corrected chi connectivity index (χ0v) is 12.9. The van der Waals surface area contributed by atoms with Crippen molar-refractivity contribution in [2.45, 2.75) is 0 Å². The monoisotopic (exact) mass is 296 g/mol. The van der Waals surface area contributed by atoms with E-state index < -0.39 is 0 Å². The van der Waals surface area contributed by atoms with Crippen LogP contribution in [0, 0.1) is 0 Å². The van der Waals surface area contributed by atoms with Crippen LogP contribution in [0.5, 0.6) is 5.75 Å². The Morgan fingerprint density at radius 2 is 2.00 bits per heavy atom. The maximum absolute atomic E-state index is 11.7. The van der Waals surface area contributed by atoms with Gasteiger partial charge in [0.2, 0.25) is 0 Å². The average molecular weight is 296 g/mol. The lowest BCUT2D eigenvalue weighted by Crippen LogP contribution is -2.25. The van der Waals surface area contributed by atoms with Crippen LogP contribution < -0.4 is 9.14 Å². The van der Waals surface area contributed by atoms with Crippen molar-refractivity contribution in [2.24, 2.45) is 7.05 Å². The van der Waals surface area contributed by atoms with Gasteiger partial charge < -0.3 is 9.64 Å². The van der Waals surface area contributed by atoms with Gasteiger partial charge in [0.05, 0.1) is 13.2 Å². The molecule has 0 saturated heterocycles. The molecule has 1 amide bonds. The molecule has 0 atom stereocenters. The third-order valence-corrected chi connectivity index (χ3v) is 3.53. The van der Waals surface area contributed by atoms with Crippen molar-refractivity contribution in [1.82, 2.24) is 9.47 Å². The molecule has 22 heavy (non-hydrogen) atoms. The highest BCUT2D eigenvalue weighted by molar-refractivity contribution is 5.71. The number of imidazole rings is 1. The Balaban J connectivity index is 2.00. The van der Waals surface area contributed by atoms with E-state index >= 15 is 0 Å². The van der Waals surface area contributed by atoms with Gasteiger partial charge in [-0.25, -0.2) is 13.8 Å². The van der Waals surface area contributed by atoms with Crippen molar-refractivity contribution >= 4 is 11.7 Å². The number of ether oxygens (including phenoxy) is 1. The molecule has 112 valence electrons. The third kappa shape index (κ3) is 2.53. The second-order valence-corrected chi connectivity index (χ2v) is 5.33. The highest BCUT2D eigenvalue weighted by Gasteiger charge is 2.16. The number of aromatic nitrogens is 2. The molecule has 0 aliphatic rings. The Morgan fingerprint density at radius 3 is 2.73 bits per heavy atom. The summed E-state index contributed by atoms with van der Waals surface area (Å²) in [6.45, 7) is 0. The van der Waals surface area contributed by atoms with Crippen LogP contribution in [-0.4, -0.2) is 29.7 Å². The van der Waals surface area contributed by atoms with Crippen molar-refractivity contribution < 1.29 is 13.9 Å². The summed E-state index contributed by atoms with van der Waals surface area (Å²) in [7, 11) is 5.34. The fourth-order valence-electron chi connectivity index (χ4n) is 2.36. The number of pyridine rings is 1. The van der Waals surface area contributed by atoms with Crippen molar-refractivity contribution in [3.63, 3.8) is 0 Å². The molecule has 0 bridgehead atoms. The molecule has 1 aromatic carbocycles. The lowest BCUT2D eigenvalue weighted by molar-refractivity contribution is -0.510. The number of hydrogen-bond acceptors (Lipinski definition) is 2. The number of nitrogens with zero attached hydrogens (tertiary/aromatic N) is 3. The molecule has 3 aromatic rings. The number of hydrogen-bond donors (Lipinski definition) is 0. The van der Waals surface area contributed by atoms with E-state index in [1.807, 2.05) is 43.6 Å². The first-order valence-corrected chi connectivity index (χ1v) is 7.01. The number of benzene rings is 1. The molecular formula is C17H18N3O2+. The summed E-state index contributed by atoms with van der Waals surface area (Å²) in [5, 5.41) is 0. The Hall–Kier alpha value is -2.82. The molecule has 0 aliphatic carbocycles. The predicted octanol–water partition coefficient (Wildman–Crippen LogP) is 2.49. The summed E-state index contributed by atoms with van der Waals surface area (Å²) in [4.78, 5) is 13.1. The normalized spacial score (nSPS) is 10.7. The highest BCUT2D eigenvalue weighted by atomic mass is 16.6. The second kappa shape index (κ2) is 5.52. The Morgan fingerprint density at radius 1 is 1.18 bits per heavy atom. The third-order valence-electron chi connectivity index (χ3n) is 3.53. The molecule has 5 nitrogen and oxygen atoms in total. The summed E-state index contributed by atoms with van der Waals surface area (Å²) in [6.07, 6.45) is 3.68. The number of amides is 1. The van der Waals surface area contributed by atoms with E-state index in [0.717, 1.165) is 16.9 Å². The van der Waals surface area contributed by atoms with Crippen LogP contribution in [0.2, 0.25) is 0 Å². The summed E-state index contributed by atoms with van der Waals surface area (Å²) < 4.78 is 9.49. The Labute approximate surface area is 129 Å². The van der Waals surface area contributed by atoms with E-state index in [9.17, 15) is 4.79 Å². The topological polar surface area (TPSA) is 38.6 Å². The molecular weight excluding hydrogens is 278 g/mol. The minimum absolute atomic E-state index is 0.386. The van der Waals surface area contributed by atoms with Crippen LogP contribution in [0.3, 0.4) is 0 Å². The van der Waals surface area contributed by atoms with Crippen LogP contribution in [0.4, 0.5) is 4.79 Å². The predicted molar refractivity (Wildman–Crippen MR) is 83.7 cm³/mol. The molecule has 0 N–H and O–H groups in total. The van der Waals surface area contributed by atoms with Gasteiger partial charge in [-0.2, -0.15) is 0 Å². The van der Waals surface area contributed by atoms with E-state index in [-0.39, 0.29) is 6.09 Å². The number of carbonyl (C=O) groups excluding carboxylic acids is 1. The molecule has 5 heteroatoms. The fourth-order valence-corrected chi connectivity index (χ4v) is 2.36. The zero-order valence-electron chi connectivity index (χ0n) is 12.9. The van der Waals surface area contributed by atoms with Crippen LogP contribution in [0.15, 0.2) is 54.9 Å². The quantitative estimate of drug-likeness (QED) is 0.682. The van der Waals surface area contributed by atoms with Crippen LogP contribution in [0.25, 0.3) is 16.9 Å². The van der Waals surface area contributed by atoms with Gasteiger partial charge in [0.15, 0.2) is 5.69 Å². The van der Waals surface area contributed by atoms with E-state index in [4.69, 9.17) is 4.74 Å². The molecule has 2 aromatic heterocycles. The molecule has 0 saturated carbocycles. The summed E-state index contributed by atoms with van der Waals surface area (Å²) in [6, 6.07) is 13.6. The van der Waals surface area contributed by atoms with E-state index in [0.29, 0.717) is 5.75 Å². The second-order valence-electron chi connectivity index (χ2n) is 5.33. The van der Waals surface area contributed by atoms with Gasteiger partial charge in [-0.15, -0.1) is 0 Å². The van der Waals surface area contributed by atoms with Gasteiger partial charge in [-0.05, 0) is 18.2 Å². The van der Waals surface area contributed by atoms with E-state index in [2.05, 4.69) is 21.2 Å². The lowest BCUT2D eigenvalue weighted by atomic mass is 10.1. The minimum atomic E-state index is -0.386. The molecule has 0 unspecified atom stereocenters.